The average molecular weight is 295 g/mol. The van der Waals surface area contributed by atoms with Crippen LogP contribution in [0.1, 0.15) is 11.7 Å². The van der Waals surface area contributed by atoms with Crippen LogP contribution in [0.25, 0.3) is 0 Å². The molecule has 4 nitrogen and oxygen atoms in total. The van der Waals surface area contributed by atoms with Crippen molar-refractivity contribution in [1.82, 2.24) is 5.32 Å². The van der Waals surface area contributed by atoms with Crippen molar-refractivity contribution < 1.29 is 14.3 Å². The highest BCUT2D eigenvalue weighted by atomic mass is 35.5. The molecular formula is C11H13Cl2FN2O2. The molecule has 0 fully saturated rings. The van der Waals surface area contributed by atoms with E-state index >= 15 is 0 Å². The predicted octanol–water partition coefficient (Wildman–Crippen LogP) is 1.56. The highest BCUT2D eigenvalue weighted by Gasteiger charge is 2.24. The van der Waals surface area contributed by atoms with Crippen LogP contribution in [-0.4, -0.2) is 28.6 Å². The zero-order valence-electron chi connectivity index (χ0n) is 9.32. The summed E-state index contributed by atoms with van der Waals surface area (Å²) in [6, 6.07) is 5.13. The van der Waals surface area contributed by atoms with E-state index in [9.17, 15) is 14.3 Å². The van der Waals surface area contributed by atoms with Crippen molar-refractivity contribution in [2.45, 2.75) is 17.0 Å². The molecular weight excluding hydrogens is 282 g/mol. The first-order valence-electron chi connectivity index (χ1n) is 5.13. The summed E-state index contributed by atoms with van der Waals surface area (Å²) in [4.78, 5) is 9.92. The summed E-state index contributed by atoms with van der Waals surface area (Å²) in [6.45, 7) is -0.947. The number of carbonyl (C=O) groups is 1. The Morgan fingerprint density at radius 3 is 2.39 bits per heavy atom. The van der Waals surface area contributed by atoms with Gasteiger partial charge in [-0.1, -0.05) is 35.3 Å². The Morgan fingerprint density at radius 1 is 1.39 bits per heavy atom. The molecule has 0 heterocycles. The van der Waals surface area contributed by atoms with Crippen molar-refractivity contribution in [3.05, 3.63) is 29.8 Å². The maximum atomic E-state index is 12.8. The van der Waals surface area contributed by atoms with Gasteiger partial charge in [0.1, 0.15) is 12.8 Å². The Labute approximate surface area is 114 Å². The molecule has 2 atom stereocenters. The fourth-order valence-electron chi connectivity index (χ4n) is 1.37. The molecule has 0 spiro atoms. The Bertz CT molecular complexity index is 401. The molecule has 100 valence electrons. The third-order valence-corrected chi connectivity index (χ3v) is 2.75. The average Bonchev–Trinajstić information content (AvgIpc) is 2.35. The first-order chi connectivity index (χ1) is 8.45. The lowest BCUT2D eigenvalue weighted by Gasteiger charge is -2.22. The number of anilines is 1. The molecule has 1 aromatic rings. The number of benzene rings is 1. The lowest BCUT2D eigenvalue weighted by Crippen LogP contribution is -2.43. The summed E-state index contributed by atoms with van der Waals surface area (Å²) in [5, 5.41) is 12.1. The lowest BCUT2D eigenvalue weighted by atomic mass is 10.0. The third kappa shape index (κ3) is 4.01. The summed E-state index contributed by atoms with van der Waals surface area (Å²) in [7, 11) is 0. The van der Waals surface area contributed by atoms with E-state index in [0.717, 1.165) is 0 Å². The number of hydrogen-bond acceptors (Lipinski definition) is 3. The summed E-state index contributed by atoms with van der Waals surface area (Å²) in [6.07, 6.45) is -1.20. The number of nitrogen functional groups attached to an aromatic ring is 1. The SMILES string of the molecule is Nc1ccc(C(O)C(CF)NC(=O)C(Cl)Cl)cc1. The van der Waals surface area contributed by atoms with Gasteiger partial charge in [-0.15, -0.1) is 0 Å². The maximum Gasteiger partial charge on any atom is 0.253 e. The van der Waals surface area contributed by atoms with Crippen LogP contribution >= 0.6 is 23.2 Å². The van der Waals surface area contributed by atoms with Gasteiger partial charge >= 0.3 is 0 Å². The molecule has 2 unspecified atom stereocenters. The fraction of sp³-hybridized carbons (Fsp3) is 0.364. The van der Waals surface area contributed by atoms with Gasteiger partial charge in [0.15, 0.2) is 4.84 Å². The van der Waals surface area contributed by atoms with E-state index in [0.29, 0.717) is 11.3 Å². The number of aliphatic hydroxyl groups is 1. The van der Waals surface area contributed by atoms with Crippen molar-refractivity contribution in [1.29, 1.82) is 0 Å². The van der Waals surface area contributed by atoms with E-state index in [-0.39, 0.29) is 0 Å². The topological polar surface area (TPSA) is 75.3 Å². The van der Waals surface area contributed by atoms with Gasteiger partial charge in [0.25, 0.3) is 5.91 Å². The standard InChI is InChI=1S/C11H13Cl2FN2O2/c12-10(13)11(18)16-8(5-14)9(17)6-1-3-7(15)4-2-6/h1-4,8-10,17H,5,15H2,(H,16,18). The number of halogens is 3. The van der Waals surface area contributed by atoms with Crippen LogP contribution in [0.2, 0.25) is 0 Å². The summed E-state index contributed by atoms with van der Waals surface area (Å²) in [5.41, 5.74) is 6.45. The largest absolute Gasteiger partial charge is 0.399 e. The van der Waals surface area contributed by atoms with Crippen LogP contribution in [0.4, 0.5) is 10.1 Å². The maximum absolute atomic E-state index is 12.8. The second-order valence-corrected chi connectivity index (χ2v) is 4.78. The molecule has 0 saturated heterocycles. The number of rotatable bonds is 5. The Kier molecular flexibility index (Phi) is 5.65. The third-order valence-electron chi connectivity index (χ3n) is 2.35. The molecule has 0 aliphatic rings. The van der Waals surface area contributed by atoms with E-state index < -0.39 is 29.6 Å². The molecule has 4 N–H and O–H groups in total. The molecule has 0 saturated carbocycles. The normalized spacial score (nSPS) is 14.3. The molecule has 0 aliphatic carbocycles. The summed E-state index contributed by atoms with van der Waals surface area (Å²) in [5.74, 6) is -0.754. The first-order valence-corrected chi connectivity index (χ1v) is 6.01. The van der Waals surface area contributed by atoms with Gasteiger partial charge in [0.05, 0.1) is 6.04 Å². The predicted molar refractivity (Wildman–Crippen MR) is 69.2 cm³/mol. The number of nitrogens with two attached hydrogens (primary N) is 1. The second-order valence-electron chi connectivity index (χ2n) is 3.68. The van der Waals surface area contributed by atoms with E-state index in [4.69, 9.17) is 28.9 Å². The Balaban J connectivity index is 2.75. The van der Waals surface area contributed by atoms with Gasteiger partial charge in [-0.25, -0.2) is 4.39 Å². The van der Waals surface area contributed by atoms with Crippen molar-refractivity contribution in [2.75, 3.05) is 12.4 Å². The zero-order valence-corrected chi connectivity index (χ0v) is 10.8. The van der Waals surface area contributed by atoms with Crippen molar-refractivity contribution >= 4 is 34.8 Å². The molecule has 18 heavy (non-hydrogen) atoms. The molecule has 0 aliphatic heterocycles. The van der Waals surface area contributed by atoms with E-state index in [1.54, 1.807) is 24.3 Å². The highest BCUT2D eigenvalue weighted by molar-refractivity contribution is 6.53. The molecule has 0 aromatic heterocycles. The number of nitrogens with one attached hydrogen (secondary N) is 1. The van der Waals surface area contributed by atoms with Crippen LogP contribution in [0.3, 0.4) is 0 Å². The minimum atomic E-state index is -1.31. The van der Waals surface area contributed by atoms with Crippen LogP contribution in [-0.2, 0) is 4.79 Å². The summed E-state index contributed by atoms with van der Waals surface area (Å²) >= 11 is 10.7. The Morgan fingerprint density at radius 2 is 1.94 bits per heavy atom. The molecule has 1 amide bonds. The van der Waals surface area contributed by atoms with Gasteiger partial charge in [0.2, 0.25) is 0 Å². The monoisotopic (exact) mass is 294 g/mol. The molecule has 1 rings (SSSR count). The number of hydrogen-bond donors (Lipinski definition) is 3. The van der Waals surface area contributed by atoms with Crippen molar-refractivity contribution in [2.24, 2.45) is 0 Å². The van der Waals surface area contributed by atoms with E-state index in [1.807, 2.05) is 0 Å². The van der Waals surface area contributed by atoms with Crippen LogP contribution < -0.4 is 11.1 Å². The minimum Gasteiger partial charge on any atom is -0.399 e. The number of alkyl halides is 3. The fourth-order valence-corrected chi connectivity index (χ4v) is 1.50. The number of carbonyl (C=O) groups excluding carboxylic acids is 1. The molecule has 1 aromatic carbocycles. The van der Waals surface area contributed by atoms with Gasteiger partial charge < -0.3 is 16.2 Å². The van der Waals surface area contributed by atoms with E-state index in [1.165, 1.54) is 0 Å². The molecule has 0 radical (unpaired) electrons. The minimum absolute atomic E-state index is 0.438. The van der Waals surface area contributed by atoms with Crippen LogP contribution in [0, 0.1) is 0 Å². The van der Waals surface area contributed by atoms with Crippen molar-refractivity contribution in [3.63, 3.8) is 0 Å². The van der Waals surface area contributed by atoms with Crippen LogP contribution in [0.15, 0.2) is 24.3 Å². The van der Waals surface area contributed by atoms with Gasteiger partial charge in [-0.3, -0.25) is 4.79 Å². The second kappa shape index (κ2) is 6.78. The lowest BCUT2D eigenvalue weighted by molar-refractivity contribution is -0.121. The summed E-state index contributed by atoms with van der Waals surface area (Å²) < 4.78 is 12.8. The number of amides is 1. The quantitative estimate of drug-likeness (QED) is 0.570. The Hall–Kier alpha value is -1.04. The van der Waals surface area contributed by atoms with Crippen molar-refractivity contribution in [3.8, 4) is 0 Å². The highest BCUT2D eigenvalue weighted by Crippen LogP contribution is 2.19. The first kappa shape index (κ1) is 15.0. The number of aliphatic hydroxyl groups excluding tert-OH is 1. The van der Waals surface area contributed by atoms with Gasteiger partial charge in [0, 0.05) is 5.69 Å². The van der Waals surface area contributed by atoms with Gasteiger partial charge in [-0.05, 0) is 17.7 Å². The zero-order chi connectivity index (χ0) is 13.7. The van der Waals surface area contributed by atoms with Crippen LogP contribution in [0.5, 0.6) is 0 Å². The smallest absolute Gasteiger partial charge is 0.253 e. The molecule has 7 heteroatoms. The van der Waals surface area contributed by atoms with E-state index in [2.05, 4.69) is 5.32 Å². The van der Waals surface area contributed by atoms with Gasteiger partial charge in [-0.2, -0.15) is 0 Å². The molecule has 0 bridgehead atoms.